The third-order valence-corrected chi connectivity index (χ3v) is 5.15. The van der Waals surface area contributed by atoms with Crippen LogP contribution in [0.5, 0.6) is 0 Å². The van der Waals surface area contributed by atoms with E-state index >= 15 is 0 Å². The van der Waals surface area contributed by atoms with Crippen molar-refractivity contribution in [1.29, 1.82) is 0 Å². The maximum atomic E-state index is 13.0. The Bertz CT molecular complexity index is 832. The van der Waals surface area contributed by atoms with Crippen molar-refractivity contribution >= 4 is 0 Å². The van der Waals surface area contributed by atoms with Crippen LogP contribution in [-0.4, -0.2) is 42.3 Å². The Balaban J connectivity index is 1.36. The molecule has 3 aromatic rings. The van der Waals surface area contributed by atoms with Crippen LogP contribution in [0.4, 0.5) is 4.39 Å². The minimum Gasteiger partial charge on any atom is -0.330 e. The van der Waals surface area contributed by atoms with Gasteiger partial charge < -0.3 is 9.13 Å². The Morgan fingerprint density at radius 3 is 2.54 bits per heavy atom. The Morgan fingerprint density at radius 1 is 1.08 bits per heavy atom. The van der Waals surface area contributed by atoms with Gasteiger partial charge in [-0.25, -0.2) is 9.37 Å². The van der Waals surface area contributed by atoms with E-state index in [1.807, 2.05) is 29.9 Å². The molecule has 26 heavy (non-hydrogen) atoms. The largest absolute Gasteiger partial charge is 0.330 e. The van der Waals surface area contributed by atoms with E-state index in [1.165, 1.54) is 12.1 Å². The van der Waals surface area contributed by atoms with E-state index in [-0.39, 0.29) is 5.82 Å². The molecule has 0 unspecified atom stereocenters. The van der Waals surface area contributed by atoms with Gasteiger partial charge in [0.2, 0.25) is 0 Å². The number of nitrogens with zero attached hydrogens (tertiary/aromatic N) is 6. The van der Waals surface area contributed by atoms with Crippen LogP contribution in [0.1, 0.15) is 36.0 Å². The van der Waals surface area contributed by atoms with Crippen molar-refractivity contribution in [2.45, 2.75) is 31.8 Å². The molecule has 0 radical (unpaired) electrons. The van der Waals surface area contributed by atoms with Crippen molar-refractivity contribution in [2.75, 3.05) is 13.1 Å². The first kappa shape index (κ1) is 16.9. The first-order valence-electron chi connectivity index (χ1n) is 9.00. The third-order valence-electron chi connectivity index (χ3n) is 5.15. The number of imidazole rings is 1. The SMILES string of the molecule is Cn1c(Cn2ccnc2)nnc1C1CCN(Cc2ccc(F)cc2)CC1. The molecule has 0 saturated carbocycles. The number of hydrogen-bond acceptors (Lipinski definition) is 4. The van der Waals surface area contributed by atoms with Crippen LogP contribution in [0.2, 0.25) is 0 Å². The summed E-state index contributed by atoms with van der Waals surface area (Å²) in [5.41, 5.74) is 1.16. The molecule has 1 aromatic carbocycles. The smallest absolute Gasteiger partial charge is 0.152 e. The summed E-state index contributed by atoms with van der Waals surface area (Å²) in [6.07, 6.45) is 7.63. The molecule has 3 heterocycles. The average Bonchev–Trinajstić information content (AvgIpc) is 3.29. The Kier molecular flexibility index (Phi) is 4.79. The molecular formula is C19H23FN6. The normalized spacial score (nSPS) is 16.2. The maximum absolute atomic E-state index is 13.0. The first-order valence-corrected chi connectivity index (χ1v) is 9.00. The van der Waals surface area contributed by atoms with Crippen molar-refractivity contribution in [1.82, 2.24) is 29.2 Å². The molecule has 1 saturated heterocycles. The molecule has 136 valence electrons. The maximum Gasteiger partial charge on any atom is 0.152 e. The standard InChI is InChI=1S/C19H23FN6/c1-24-18(13-26-11-8-21-14-26)22-23-19(24)16-6-9-25(10-7-16)12-15-2-4-17(20)5-3-15/h2-5,8,11,14,16H,6-7,9-10,12-13H2,1H3. The number of piperidine rings is 1. The van der Waals surface area contributed by atoms with Crippen LogP contribution in [0.15, 0.2) is 43.0 Å². The van der Waals surface area contributed by atoms with E-state index in [0.717, 1.165) is 49.7 Å². The van der Waals surface area contributed by atoms with Crippen LogP contribution in [0.25, 0.3) is 0 Å². The molecule has 0 aliphatic carbocycles. The highest BCUT2D eigenvalue weighted by Gasteiger charge is 2.25. The summed E-state index contributed by atoms with van der Waals surface area (Å²) in [6, 6.07) is 6.80. The minimum absolute atomic E-state index is 0.179. The van der Waals surface area contributed by atoms with Crippen molar-refractivity contribution < 1.29 is 4.39 Å². The monoisotopic (exact) mass is 354 g/mol. The van der Waals surface area contributed by atoms with Gasteiger partial charge in [-0.3, -0.25) is 4.90 Å². The second kappa shape index (κ2) is 7.37. The van der Waals surface area contributed by atoms with Gasteiger partial charge in [-0.1, -0.05) is 12.1 Å². The molecule has 1 fully saturated rings. The van der Waals surface area contributed by atoms with Crippen LogP contribution in [0, 0.1) is 5.82 Å². The average molecular weight is 354 g/mol. The molecule has 7 heteroatoms. The first-order chi connectivity index (χ1) is 12.7. The number of rotatable bonds is 5. The van der Waals surface area contributed by atoms with E-state index in [4.69, 9.17) is 0 Å². The van der Waals surface area contributed by atoms with Gasteiger partial charge in [0.1, 0.15) is 11.6 Å². The van der Waals surface area contributed by atoms with E-state index in [1.54, 1.807) is 12.5 Å². The highest BCUT2D eigenvalue weighted by molar-refractivity contribution is 5.16. The van der Waals surface area contributed by atoms with Gasteiger partial charge in [-0.05, 0) is 43.6 Å². The van der Waals surface area contributed by atoms with Crippen molar-refractivity contribution in [2.24, 2.45) is 7.05 Å². The Labute approximate surface area is 152 Å². The molecule has 0 bridgehead atoms. The molecule has 2 aromatic heterocycles. The molecule has 0 spiro atoms. The summed E-state index contributed by atoms with van der Waals surface area (Å²) in [5, 5.41) is 8.83. The molecule has 1 aliphatic heterocycles. The number of likely N-dealkylation sites (tertiary alicyclic amines) is 1. The van der Waals surface area contributed by atoms with Crippen LogP contribution in [-0.2, 0) is 20.1 Å². The number of aromatic nitrogens is 5. The Hall–Kier alpha value is -2.54. The second-order valence-electron chi connectivity index (χ2n) is 6.95. The minimum atomic E-state index is -0.179. The molecular weight excluding hydrogens is 331 g/mol. The topological polar surface area (TPSA) is 51.8 Å². The van der Waals surface area contributed by atoms with Gasteiger partial charge in [0.05, 0.1) is 12.9 Å². The fourth-order valence-corrected chi connectivity index (χ4v) is 3.61. The molecule has 0 amide bonds. The van der Waals surface area contributed by atoms with E-state index < -0.39 is 0 Å². The summed E-state index contributed by atoms with van der Waals surface area (Å²) in [6.45, 7) is 3.60. The van der Waals surface area contributed by atoms with Gasteiger partial charge in [0.15, 0.2) is 5.82 Å². The van der Waals surface area contributed by atoms with Crippen molar-refractivity contribution in [3.63, 3.8) is 0 Å². The van der Waals surface area contributed by atoms with Crippen LogP contribution < -0.4 is 0 Å². The summed E-state index contributed by atoms with van der Waals surface area (Å²) in [5.74, 6) is 2.28. The lowest BCUT2D eigenvalue weighted by Gasteiger charge is -2.31. The fourth-order valence-electron chi connectivity index (χ4n) is 3.61. The fraction of sp³-hybridized carbons (Fsp3) is 0.421. The summed E-state index contributed by atoms with van der Waals surface area (Å²) >= 11 is 0. The van der Waals surface area contributed by atoms with Gasteiger partial charge in [0.25, 0.3) is 0 Å². The highest BCUT2D eigenvalue weighted by atomic mass is 19.1. The zero-order valence-electron chi connectivity index (χ0n) is 14.9. The van der Waals surface area contributed by atoms with Gasteiger partial charge in [-0.2, -0.15) is 0 Å². The second-order valence-corrected chi connectivity index (χ2v) is 6.95. The predicted molar refractivity (Wildman–Crippen MR) is 96.0 cm³/mol. The lowest BCUT2D eigenvalue weighted by Crippen LogP contribution is -2.33. The summed E-state index contributed by atoms with van der Waals surface area (Å²) in [4.78, 5) is 6.49. The molecule has 0 N–H and O–H groups in total. The van der Waals surface area contributed by atoms with Gasteiger partial charge in [0, 0.05) is 31.9 Å². The van der Waals surface area contributed by atoms with E-state index in [0.29, 0.717) is 12.5 Å². The number of hydrogen-bond donors (Lipinski definition) is 0. The third kappa shape index (κ3) is 3.67. The van der Waals surface area contributed by atoms with Gasteiger partial charge >= 0.3 is 0 Å². The molecule has 0 atom stereocenters. The van der Waals surface area contributed by atoms with Gasteiger partial charge in [-0.15, -0.1) is 10.2 Å². The zero-order chi connectivity index (χ0) is 17.9. The summed E-state index contributed by atoms with van der Waals surface area (Å²) in [7, 11) is 2.05. The van der Waals surface area contributed by atoms with Crippen LogP contribution >= 0.6 is 0 Å². The van der Waals surface area contributed by atoms with Crippen molar-refractivity contribution in [3.05, 3.63) is 66.0 Å². The van der Waals surface area contributed by atoms with Crippen LogP contribution in [0.3, 0.4) is 0 Å². The predicted octanol–water partition coefficient (Wildman–Crippen LogP) is 2.58. The van der Waals surface area contributed by atoms with E-state index in [2.05, 4.69) is 24.6 Å². The lowest BCUT2D eigenvalue weighted by atomic mass is 9.95. The quantitative estimate of drug-likeness (QED) is 0.707. The molecule has 4 rings (SSSR count). The Morgan fingerprint density at radius 2 is 1.85 bits per heavy atom. The summed E-state index contributed by atoms with van der Waals surface area (Å²) < 4.78 is 17.2. The lowest BCUT2D eigenvalue weighted by molar-refractivity contribution is 0.200. The van der Waals surface area contributed by atoms with Crippen molar-refractivity contribution in [3.8, 4) is 0 Å². The number of halogens is 1. The van der Waals surface area contributed by atoms with E-state index in [9.17, 15) is 4.39 Å². The molecule has 6 nitrogen and oxygen atoms in total. The number of benzene rings is 1. The zero-order valence-corrected chi connectivity index (χ0v) is 14.9. The molecule has 1 aliphatic rings. The highest BCUT2D eigenvalue weighted by Crippen LogP contribution is 2.27.